The molecule has 146 valence electrons. The van der Waals surface area contributed by atoms with E-state index in [0.29, 0.717) is 31.8 Å². The molecule has 2 aromatic rings. The molecule has 0 bridgehead atoms. The number of amides is 1. The van der Waals surface area contributed by atoms with Gasteiger partial charge in [-0.3, -0.25) is 4.79 Å². The number of hydrogen-bond acceptors (Lipinski definition) is 8. The van der Waals surface area contributed by atoms with Crippen LogP contribution in [0, 0.1) is 5.92 Å². The average Bonchev–Trinajstić information content (AvgIpc) is 3.29. The molecule has 1 aliphatic heterocycles. The highest BCUT2D eigenvalue weighted by molar-refractivity contribution is 7.13. The zero-order valence-electron chi connectivity index (χ0n) is 15.6. The van der Waals surface area contributed by atoms with Gasteiger partial charge in [0.25, 0.3) is 5.89 Å². The third-order valence-corrected chi connectivity index (χ3v) is 4.89. The van der Waals surface area contributed by atoms with Crippen molar-refractivity contribution in [2.24, 2.45) is 5.92 Å². The largest absolute Gasteiger partial charge is 0.455 e. The topological polar surface area (TPSA) is 94.8 Å². The summed E-state index contributed by atoms with van der Waals surface area (Å²) < 4.78 is 15.8. The first-order valence-corrected chi connectivity index (χ1v) is 9.71. The van der Waals surface area contributed by atoms with Gasteiger partial charge in [-0.2, -0.15) is 4.98 Å². The van der Waals surface area contributed by atoms with E-state index in [1.807, 2.05) is 38.3 Å². The molecule has 8 nitrogen and oxygen atoms in total. The Labute approximate surface area is 161 Å². The van der Waals surface area contributed by atoms with Gasteiger partial charge in [-0.25, -0.2) is 4.79 Å². The van der Waals surface area contributed by atoms with E-state index in [1.54, 1.807) is 4.90 Å². The van der Waals surface area contributed by atoms with Crippen molar-refractivity contribution in [2.45, 2.75) is 45.8 Å². The number of ether oxygens (including phenoxy) is 2. The SMILES string of the molecule is CC(C)(C)OC(=O)N1CCC(C(=O)OCc2nc(-c3cccs3)no2)CC1. The first-order valence-electron chi connectivity index (χ1n) is 8.83. The summed E-state index contributed by atoms with van der Waals surface area (Å²) in [6, 6.07) is 3.80. The van der Waals surface area contributed by atoms with Gasteiger partial charge in [-0.1, -0.05) is 11.2 Å². The summed E-state index contributed by atoms with van der Waals surface area (Å²) in [6.45, 7) is 6.38. The number of thiophene rings is 1. The Bertz CT molecular complexity index is 773. The van der Waals surface area contributed by atoms with Crippen molar-refractivity contribution in [3.8, 4) is 10.7 Å². The number of likely N-dealkylation sites (tertiary alicyclic amines) is 1. The van der Waals surface area contributed by atoms with Crippen LogP contribution in [-0.2, 0) is 20.9 Å². The number of esters is 1. The van der Waals surface area contributed by atoms with Crippen LogP contribution >= 0.6 is 11.3 Å². The van der Waals surface area contributed by atoms with Crippen LogP contribution in [0.5, 0.6) is 0 Å². The van der Waals surface area contributed by atoms with E-state index >= 15 is 0 Å². The van der Waals surface area contributed by atoms with E-state index in [1.165, 1.54) is 11.3 Å². The molecular formula is C18H23N3O5S. The van der Waals surface area contributed by atoms with Gasteiger partial charge < -0.3 is 18.9 Å². The predicted molar refractivity (Wildman–Crippen MR) is 97.9 cm³/mol. The van der Waals surface area contributed by atoms with Crippen molar-refractivity contribution in [2.75, 3.05) is 13.1 Å². The molecule has 1 fully saturated rings. The molecule has 27 heavy (non-hydrogen) atoms. The monoisotopic (exact) mass is 393 g/mol. The van der Waals surface area contributed by atoms with Crippen molar-refractivity contribution in [1.82, 2.24) is 15.0 Å². The number of rotatable bonds is 4. The fourth-order valence-corrected chi connectivity index (χ4v) is 3.34. The molecule has 0 unspecified atom stereocenters. The van der Waals surface area contributed by atoms with Crippen LogP contribution in [0.1, 0.15) is 39.5 Å². The second-order valence-corrected chi connectivity index (χ2v) is 8.29. The van der Waals surface area contributed by atoms with Gasteiger partial charge in [-0.05, 0) is 45.1 Å². The standard InChI is InChI=1S/C18H23N3O5S/c1-18(2,3)25-17(23)21-8-6-12(7-9-21)16(22)24-11-14-19-15(20-26-14)13-5-4-10-27-13/h4-5,10,12H,6-9,11H2,1-3H3. The highest BCUT2D eigenvalue weighted by Crippen LogP contribution is 2.23. The van der Waals surface area contributed by atoms with E-state index in [-0.39, 0.29) is 30.5 Å². The van der Waals surface area contributed by atoms with Crippen LogP contribution < -0.4 is 0 Å². The molecule has 3 heterocycles. The number of aromatic nitrogens is 2. The third kappa shape index (κ3) is 5.29. The number of carbonyl (C=O) groups is 2. The Kier molecular flexibility index (Phi) is 5.79. The van der Waals surface area contributed by atoms with Crippen LogP contribution in [0.3, 0.4) is 0 Å². The summed E-state index contributed by atoms with van der Waals surface area (Å²) >= 11 is 1.51. The highest BCUT2D eigenvalue weighted by Gasteiger charge is 2.31. The Morgan fingerprint density at radius 1 is 1.33 bits per heavy atom. The molecule has 0 N–H and O–H groups in total. The van der Waals surface area contributed by atoms with Crippen molar-refractivity contribution in [3.05, 3.63) is 23.4 Å². The molecule has 0 aromatic carbocycles. The lowest BCUT2D eigenvalue weighted by Crippen LogP contribution is -2.43. The number of nitrogens with zero attached hydrogens (tertiary/aromatic N) is 3. The molecule has 0 saturated carbocycles. The molecule has 0 atom stereocenters. The van der Waals surface area contributed by atoms with Crippen molar-refractivity contribution >= 4 is 23.4 Å². The van der Waals surface area contributed by atoms with E-state index in [0.717, 1.165) is 4.88 Å². The highest BCUT2D eigenvalue weighted by atomic mass is 32.1. The summed E-state index contributed by atoms with van der Waals surface area (Å²) in [5.41, 5.74) is -0.529. The minimum absolute atomic E-state index is 0.0521. The molecule has 1 aliphatic rings. The van der Waals surface area contributed by atoms with E-state index in [4.69, 9.17) is 14.0 Å². The maximum Gasteiger partial charge on any atom is 0.410 e. The lowest BCUT2D eigenvalue weighted by Gasteiger charge is -2.32. The van der Waals surface area contributed by atoms with Gasteiger partial charge >= 0.3 is 12.1 Å². The average molecular weight is 393 g/mol. The minimum atomic E-state index is -0.529. The van der Waals surface area contributed by atoms with Crippen LogP contribution in [0.25, 0.3) is 10.7 Å². The smallest absolute Gasteiger partial charge is 0.410 e. The Balaban J connectivity index is 1.44. The van der Waals surface area contributed by atoms with Crippen LogP contribution in [0.4, 0.5) is 4.79 Å². The van der Waals surface area contributed by atoms with Gasteiger partial charge in [0, 0.05) is 13.1 Å². The molecule has 3 rings (SSSR count). The fraction of sp³-hybridized carbons (Fsp3) is 0.556. The molecule has 9 heteroatoms. The molecular weight excluding hydrogens is 370 g/mol. The molecule has 2 aromatic heterocycles. The Morgan fingerprint density at radius 2 is 2.07 bits per heavy atom. The molecule has 0 spiro atoms. The van der Waals surface area contributed by atoms with E-state index in [2.05, 4.69) is 10.1 Å². The fourth-order valence-electron chi connectivity index (χ4n) is 2.69. The maximum atomic E-state index is 12.3. The molecule has 1 saturated heterocycles. The summed E-state index contributed by atoms with van der Waals surface area (Å²) in [4.78, 5) is 31.1. The maximum absolute atomic E-state index is 12.3. The molecule has 0 radical (unpaired) electrons. The summed E-state index contributed by atoms with van der Waals surface area (Å²) in [6.07, 6.45) is 0.742. The van der Waals surface area contributed by atoms with Gasteiger partial charge in [0.1, 0.15) is 5.60 Å². The minimum Gasteiger partial charge on any atom is -0.455 e. The second-order valence-electron chi connectivity index (χ2n) is 7.34. The summed E-state index contributed by atoms with van der Waals surface area (Å²) in [5, 5.41) is 5.81. The van der Waals surface area contributed by atoms with Crippen LogP contribution in [0.2, 0.25) is 0 Å². The van der Waals surface area contributed by atoms with Gasteiger partial charge in [-0.15, -0.1) is 11.3 Å². The number of hydrogen-bond donors (Lipinski definition) is 0. The lowest BCUT2D eigenvalue weighted by molar-refractivity contribution is -0.152. The van der Waals surface area contributed by atoms with Crippen molar-refractivity contribution in [3.63, 3.8) is 0 Å². The second kappa shape index (κ2) is 8.08. The molecule has 1 amide bonds. The number of carbonyl (C=O) groups excluding carboxylic acids is 2. The normalized spacial score (nSPS) is 15.6. The third-order valence-electron chi connectivity index (χ3n) is 4.03. The Morgan fingerprint density at radius 3 is 2.70 bits per heavy atom. The van der Waals surface area contributed by atoms with E-state index in [9.17, 15) is 9.59 Å². The quantitative estimate of drug-likeness (QED) is 0.734. The summed E-state index contributed by atoms with van der Waals surface area (Å²) in [7, 11) is 0. The van der Waals surface area contributed by atoms with Crippen molar-refractivity contribution < 1.29 is 23.6 Å². The Hall–Kier alpha value is -2.42. The predicted octanol–water partition coefficient (Wildman–Crippen LogP) is 3.49. The van der Waals surface area contributed by atoms with Gasteiger partial charge in [0.05, 0.1) is 10.8 Å². The zero-order chi connectivity index (χ0) is 19.4. The van der Waals surface area contributed by atoms with Gasteiger partial charge in [0.2, 0.25) is 5.82 Å². The number of piperidine rings is 1. The zero-order valence-corrected chi connectivity index (χ0v) is 16.5. The lowest BCUT2D eigenvalue weighted by atomic mass is 9.97. The first-order chi connectivity index (χ1) is 12.8. The van der Waals surface area contributed by atoms with Crippen LogP contribution in [0.15, 0.2) is 22.0 Å². The first kappa shape index (κ1) is 19.3. The summed E-state index contributed by atoms with van der Waals surface area (Å²) in [5.74, 6) is 0.192. The van der Waals surface area contributed by atoms with E-state index < -0.39 is 5.60 Å². The van der Waals surface area contributed by atoms with Crippen molar-refractivity contribution in [1.29, 1.82) is 0 Å². The molecule has 0 aliphatic carbocycles. The van der Waals surface area contributed by atoms with Crippen LogP contribution in [-0.4, -0.2) is 45.8 Å². The van der Waals surface area contributed by atoms with Gasteiger partial charge in [0.15, 0.2) is 6.61 Å².